The summed E-state index contributed by atoms with van der Waals surface area (Å²) in [7, 11) is 0. The average molecular weight is 398 g/mol. The third-order valence-electron chi connectivity index (χ3n) is 5.09. The molecule has 2 fully saturated rings. The molecule has 2 aromatic rings. The van der Waals surface area contributed by atoms with Gasteiger partial charge in [-0.05, 0) is 34.1 Å². The van der Waals surface area contributed by atoms with Crippen LogP contribution in [0.15, 0.2) is 22.8 Å². The molecule has 4 rings (SSSR count). The molecule has 7 nitrogen and oxygen atoms in total. The minimum absolute atomic E-state index is 0.468. The Kier molecular flexibility index (Phi) is 5.26. The van der Waals surface area contributed by atoms with Gasteiger partial charge in [-0.15, -0.1) is 0 Å². The number of hydrogen-bond acceptors (Lipinski definition) is 7. The third-order valence-corrected chi connectivity index (χ3v) is 5.09. The van der Waals surface area contributed by atoms with Crippen molar-refractivity contribution in [2.75, 3.05) is 50.8 Å². The molecular weight excluding hydrogens is 377 g/mol. The van der Waals surface area contributed by atoms with Gasteiger partial charge in [0.2, 0.25) is 0 Å². The zero-order valence-corrected chi connectivity index (χ0v) is 15.1. The minimum atomic E-state index is -4.69. The first-order valence-electron chi connectivity index (χ1n) is 9.14. The van der Waals surface area contributed by atoms with E-state index < -0.39 is 12.3 Å². The molecule has 0 spiro atoms. The molecule has 1 N–H and O–H groups in total. The largest absolute Gasteiger partial charge is 0.417 e. The number of halogens is 3. The molecule has 0 bridgehead atoms. The summed E-state index contributed by atoms with van der Waals surface area (Å²) in [6.45, 7) is 6.07. The fraction of sp³-hybridized carbons (Fsp3) is 0.556. The van der Waals surface area contributed by atoms with Gasteiger partial charge in [0, 0.05) is 38.6 Å². The van der Waals surface area contributed by atoms with E-state index in [0.717, 1.165) is 57.7 Å². The molecule has 2 saturated heterocycles. The van der Waals surface area contributed by atoms with Gasteiger partial charge in [-0.2, -0.15) is 13.2 Å². The van der Waals surface area contributed by atoms with Gasteiger partial charge in [-0.1, -0.05) is 6.08 Å². The molecule has 0 radical (unpaired) electrons. The second-order valence-corrected chi connectivity index (χ2v) is 7.20. The van der Waals surface area contributed by atoms with E-state index in [9.17, 15) is 13.2 Å². The van der Waals surface area contributed by atoms with Crippen LogP contribution in [0.4, 0.5) is 18.9 Å². The molecule has 1 unspecified atom stereocenters. The van der Waals surface area contributed by atoms with Crippen molar-refractivity contribution in [1.82, 2.24) is 15.2 Å². The SMILES string of the molecule is OC(/C=C/c1cc(N2CC(CN3CCOCC3)C2)c2nonc2c1)C(F)(F)F. The topological polar surface area (TPSA) is 74.9 Å². The van der Waals surface area contributed by atoms with Gasteiger partial charge in [0.05, 0.1) is 18.9 Å². The fourth-order valence-corrected chi connectivity index (χ4v) is 3.57. The van der Waals surface area contributed by atoms with Gasteiger partial charge < -0.3 is 14.7 Å². The quantitative estimate of drug-likeness (QED) is 0.825. The maximum Gasteiger partial charge on any atom is 0.417 e. The molecule has 1 aromatic carbocycles. The molecule has 1 aromatic heterocycles. The molecular formula is C18H21F3N4O3. The molecule has 2 aliphatic rings. The van der Waals surface area contributed by atoms with Gasteiger partial charge in [-0.3, -0.25) is 4.90 Å². The summed E-state index contributed by atoms with van der Waals surface area (Å²) in [4.78, 5) is 4.51. The summed E-state index contributed by atoms with van der Waals surface area (Å²) in [5.74, 6) is 0.513. The summed E-state index contributed by atoms with van der Waals surface area (Å²) in [6.07, 6.45) is -5.25. The number of anilines is 1. The van der Waals surface area contributed by atoms with Crippen LogP contribution < -0.4 is 4.90 Å². The first-order valence-corrected chi connectivity index (χ1v) is 9.14. The van der Waals surface area contributed by atoms with Crippen molar-refractivity contribution in [2.24, 2.45) is 5.92 Å². The smallest absolute Gasteiger partial charge is 0.380 e. The van der Waals surface area contributed by atoms with E-state index in [1.165, 1.54) is 6.08 Å². The van der Waals surface area contributed by atoms with Crippen molar-refractivity contribution < 1.29 is 27.6 Å². The van der Waals surface area contributed by atoms with Gasteiger partial charge in [0.25, 0.3) is 0 Å². The second kappa shape index (κ2) is 7.69. The number of fused-ring (bicyclic) bond motifs is 1. The summed E-state index contributed by atoms with van der Waals surface area (Å²) in [6, 6.07) is 3.33. The first-order chi connectivity index (χ1) is 13.4. The molecule has 152 valence electrons. The maximum absolute atomic E-state index is 12.5. The predicted octanol–water partition coefficient (Wildman–Crippen LogP) is 1.93. The zero-order chi connectivity index (χ0) is 19.7. The average Bonchev–Trinajstić information content (AvgIpc) is 3.10. The van der Waals surface area contributed by atoms with E-state index in [2.05, 4.69) is 20.1 Å². The van der Waals surface area contributed by atoms with Crippen molar-refractivity contribution in [3.05, 3.63) is 23.8 Å². The molecule has 0 amide bonds. The van der Waals surface area contributed by atoms with Gasteiger partial charge >= 0.3 is 6.18 Å². The number of alkyl halides is 3. The Morgan fingerprint density at radius 2 is 1.96 bits per heavy atom. The molecule has 3 heterocycles. The van der Waals surface area contributed by atoms with Crippen molar-refractivity contribution in [1.29, 1.82) is 0 Å². The lowest BCUT2D eigenvalue weighted by atomic mass is 9.97. The molecule has 2 aliphatic heterocycles. The van der Waals surface area contributed by atoms with Crippen LogP contribution in [0.2, 0.25) is 0 Å². The Morgan fingerprint density at radius 1 is 1.21 bits per heavy atom. The maximum atomic E-state index is 12.5. The third kappa shape index (κ3) is 4.13. The van der Waals surface area contributed by atoms with Crippen molar-refractivity contribution in [3.63, 3.8) is 0 Å². The minimum Gasteiger partial charge on any atom is -0.380 e. The molecule has 0 aliphatic carbocycles. The lowest BCUT2D eigenvalue weighted by molar-refractivity contribution is -0.187. The van der Waals surface area contributed by atoms with Gasteiger partial charge in [0.1, 0.15) is 5.52 Å². The monoisotopic (exact) mass is 398 g/mol. The highest BCUT2D eigenvalue weighted by Crippen LogP contribution is 2.33. The summed E-state index contributed by atoms with van der Waals surface area (Å²) in [5, 5.41) is 16.9. The lowest BCUT2D eigenvalue weighted by Crippen LogP contribution is -2.53. The highest BCUT2D eigenvalue weighted by molar-refractivity contribution is 5.90. The van der Waals surface area contributed by atoms with E-state index in [-0.39, 0.29) is 0 Å². The number of morpholine rings is 1. The Labute approximate surface area is 159 Å². The summed E-state index contributed by atoms with van der Waals surface area (Å²) in [5.41, 5.74) is 2.32. The first kappa shape index (κ1) is 19.2. The molecule has 28 heavy (non-hydrogen) atoms. The van der Waals surface area contributed by atoms with Crippen molar-refractivity contribution in [3.8, 4) is 0 Å². The van der Waals surface area contributed by atoms with Crippen LogP contribution in [-0.2, 0) is 4.74 Å². The van der Waals surface area contributed by atoms with Crippen LogP contribution in [0, 0.1) is 5.92 Å². The number of nitrogens with zero attached hydrogens (tertiary/aromatic N) is 4. The molecule has 10 heteroatoms. The molecule has 0 saturated carbocycles. The van der Waals surface area contributed by atoms with Crippen molar-refractivity contribution in [2.45, 2.75) is 12.3 Å². The predicted molar refractivity (Wildman–Crippen MR) is 95.9 cm³/mol. The van der Waals surface area contributed by atoms with Crippen LogP contribution >= 0.6 is 0 Å². The van der Waals surface area contributed by atoms with E-state index in [0.29, 0.717) is 22.5 Å². The second-order valence-electron chi connectivity index (χ2n) is 7.20. The number of aliphatic hydroxyl groups is 1. The Balaban J connectivity index is 1.46. The van der Waals surface area contributed by atoms with Gasteiger partial charge in [0.15, 0.2) is 11.6 Å². The number of hydrogen-bond donors (Lipinski definition) is 1. The van der Waals surface area contributed by atoms with E-state index in [4.69, 9.17) is 14.5 Å². The number of benzene rings is 1. The van der Waals surface area contributed by atoms with Crippen molar-refractivity contribution >= 4 is 22.8 Å². The number of ether oxygens (including phenoxy) is 1. The highest BCUT2D eigenvalue weighted by atomic mass is 19.4. The van der Waals surface area contributed by atoms with Crippen LogP contribution in [0.3, 0.4) is 0 Å². The lowest BCUT2D eigenvalue weighted by Gasteiger charge is -2.43. The highest BCUT2D eigenvalue weighted by Gasteiger charge is 2.36. The normalized spacial score (nSPS) is 20.8. The fourth-order valence-electron chi connectivity index (χ4n) is 3.57. The molecule has 1 atom stereocenters. The Bertz CT molecular complexity index is 842. The Morgan fingerprint density at radius 3 is 2.68 bits per heavy atom. The van der Waals surface area contributed by atoms with Crippen LogP contribution in [0.1, 0.15) is 5.56 Å². The van der Waals surface area contributed by atoms with E-state index >= 15 is 0 Å². The number of aromatic nitrogens is 2. The van der Waals surface area contributed by atoms with Crippen LogP contribution in [0.5, 0.6) is 0 Å². The Hall–Kier alpha value is -2.17. The van der Waals surface area contributed by atoms with E-state index in [1.54, 1.807) is 12.1 Å². The van der Waals surface area contributed by atoms with Crippen LogP contribution in [0.25, 0.3) is 17.1 Å². The number of aliphatic hydroxyl groups excluding tert-OH is 1. The standard InChI is InChI=1S/C18H21F3N4O3/c19-18(20,21)16(26)2-1-12-7-14-17(23-28-22-14)15(8-12)25-10-13(11-25)9-24-3-5-27-6-4-24/h1-2,7-8,13,16,26H,3-6,9-11H2/b2-1+. The summed E-state index contributed by atoms with van der Waals surface area (Å²) >= 11 is 0. The summed E-state index contributed by atoms with van der Waals surface area (Å²) < 4.78 is 47.7. The van der Waals surface area contributed by atoms with E-state index in [1.807, 2.05) is 0 Å². The van der Waals surface area contributed by atoms with Crippen LogP contribution in [-0.4, -0.2) is 78.5 Å². The zero-order valence-electron chi connectivity index (χ0n) is 15.1. The van der Waals surface area contributed by atoms with Gasteiger partial charge in [-0.25, -0.2) is 4.63 Å². The number of rotatable bonds is 5.